The molecule has 2 N–H and O–H groups in total. The number of hydrogen-bond donors (Lipinski definition) is 2. The third kappa shape index (κ3) is 2.69. The number of nitrogens with one attached hydrogen (secondary N) is 2. The van der Waals surface area contributed by atoms with Gasteiger partial charge in [0.25, 0.3) is 0 Å². The molecular formula is C12H18N6OS. The second-order valence-corrected chi connectivity index (χ2v) is 5.69. The lowest BCUT2D eigenvalue weighted by Crippen LogP contribution is -2.13. The van der Waals surface area contributed by atoms with Gasteiger partial charge in [0.1, 0.15) is 16.7 Å². The minimum atomic E-state index is -0.239. The summed E-state index contributed by atoms with van der Waals surface area (Å²) in [6, 6.07) is 0. The van der Waals surface area contributed by atoms with Crippen LogP contribution in [0.1, 0.15) is 31.2 Å². The van der Waals surface area contributed by atoms with E-state index in [1.54, 1.807) is 7.05 Å². The Hall–Kier alpha value is -1.83. The van der Waals surface area contributed by atoms with E-state index in [1.165, 1.54) is 16.3 Å². The highest BCUT2D eigenvalue weighted by Gasteiger charge is 2.16. The molecule has 108 valence electrons. The fraction of sp³-hybridized carbons (Fsp3) is 0.500. The van der Waals surface area contributed by atoms with Gasteiger partial charge in [-0.15, -0.1) is 5.10 Å². The molecule has 20 heavy (non-hydrogen) atoms. The number of H-pyrrole nitrogens is 1. The summed E-state index contributed by atoms with van der Waals surface area (Å²) in [6.45, 7) is 6.04. The summed E-state index contributed by atoms with van der Waals surface area (Å²) in [5, 5.41) is 10.9. The Morgan fingerprint density at radius 1 is 1.35 bits per heavy atom. The monoisotopic (exact) mass is 294 g/mol. The molecule has 0 radical (unpaired) electrons. The van der Waals surface area contributed by atoms with Crippen LogP contribution in [0, 0.1) is 6.92 Å². The average Bonchev–Trinajstić information content (AvgIpc) is 2.72. The van der Waals surface area contributed by atoms with Gasteiger partial charge in [-0.2, -0.15) is 0 Å². The molecule has 0 saturated carbocycles. The van der Waals surface area contributed by atoms with Gasteiger partial charge in [-0.1, -0.05) is 13.8 Å². The van der Waals surface area contributed by atoms with Crippen molar-refractivity contribution in [2.75, 3.05) is 12.4 Å². The summed E-state index contributed by atoms with van der Waals surface area (Å²) in [5.74, 6) is 1.79. The zero-order valence-corrected chi connectivity index (χ0v) is 13.0. The first kappa shape index (κ1) is 14.6. The summed E-state index contributed by atoms with van der Waals surface area (Å²) in [6.07, 6.45) is 0. The van der Waals surface area contributed by atoms with E-state index >= 15 is 0 Å². The molecule has 0 aromatic carbocycles. The lowest BCUT2D eigenvalue weighted by atomic mass is 10.2. The molecule has 0 aliphatic rings. The van der Waals surface area contributed by atoms with Crippen LogP contribution in [0.15, 0.2) is 15.0 Å². The van der Waals surface area contributed by atoms with Crippen molar-refractivity contribution in [1.82, 2.24) is 24.7 Å². The van der Waals surface area contributed by atoms with Gasteiger partial charge in [0.05, 0.1) is 0 Å². The van der Waals surface area contributed by atoms with Crippen LogP contribution in [0.2, 0.25) is 0 Å². The molecule has 7 nitrogen and oxygen atoms in total. The Kier molecular flexibility index (Phi) is 4.12. The van der Waals surface area contributed by atoms with E-state index in [9.17, 15) is 4.79 Å². The van der Waals surface area contributed by atoms with E-state index in [1.807, 2.05) is 27.8 Å². The highest BCUT2D eigenvalue weighted by Crippen LogP contribution is 2.30. The molecule has 0 aliphatic heterocycles. The van der Waals surface area contributed by atoms with Crippen LogP contribution in [0.3, 0.4) is 0 Å². The van der Waals surface area contributed by atoms with Crippen molar-refractivity contribution in [2.45, 2.75) is 36.9 Å². The molecule has 2 aromatic rings. The topological polar surface area (TPSA) is 88.5 Å². The number of aromatic nitrogens is 5. The maximum Gasteiger partial charge on any atom is 0.343 e. The van der Waals surface area contributed by atoms with Crippen LogP contribution in [-0.4, -0.2) is 31.8 Å². The van der Waals surface area contributed by atoms with Gasteiger partial charge >= 0.3 is 5.69 Å². The molecule has 0 fully saturated rings. The number of rotatable bonds is 4. The Balaban J connectivity index is 2.47. The predicted molar refractivity (Wildman–Crippen MR) is 78.4 cm³/mol. The Morgan fingerprint density at radius 3 is 2.55 bits per heavy atom. The highest BCUT2D eigenvalue weighted by atomic mass is 32.2. The van der Waals surface area contributed by atoms with Crippen LogP contribution in [0.4, 0.5) is 5.82 Å². The molecule has 0 spiro atoms. The largest absolute Gasteiger partial charge is 0.373 e. The summed E-state index contributed by atoms with van der Waals surface area (Å²) >= 11 is 1.35. The van der Waals surface area contributed by atoms with Crippen molar-refractivity contribution in [3.8, 4) is 0 Å². The van der Waals surface area contributed by atoms with Crippen molar-refractivity contribution >= 4 is 17.6 Å². The first-order valence-corrected chi connectivity index (χ1v) is 7.11. The van der Waals surface area contributed by atoms with Crippen molar-refractivity contribution in [2.24, 2.45) is 7.05 Å². The summed E-state index contributed by atoms with van der Waals surface area (Å²) < 4.78 is 1.46. The zero-order valence-electron chi connectivity index (χ0n) is 12.2. The van der Waals surface area contributed by atoms with Crippen LogP contribution >= 0.6 is 11.8 Å². The maximum atomic E-state index is 11.4. The fourth-order valence-corrected chi connectivity index (χ4v) is 2.50. The number of nitrogens with zero attached hydrogens (tertiary/aromatic N) is 4. The standard InChI is InChI=1S/C12H18N6OS/c1-6(2)8-14-9(13-4)7(3)10(15-8)20-12-17-16-11(19)18(12)5/h6H,1-5H3,(H,16,19)(H,13,14,15). The molecule has 0 bridgehead atoms. The van der Waals surface area contributed by atoms with E-state index in [2.05, 4.69) is 25.5 Å². The molecule has 0 aliphatic carbocycles. The van der Waals surface area contributed by atoms with Crippen molar-refractivity contribution in [3.05, 3.63) is 21.9 Å². The van der Waals surface area contributed by atoms with E-state index in [0.29, 0.717) is 5.16 Å². The number of anilines is 1. The molecule has 0 amide bonds. The second kappa shape index (κ2) is 5.66. The molecule has 2 rings (SSSR count). The number of aromatic amines is 1. The van der Waals surface area contributed by atoms with E-state index in [4.69, 9.17) is 0 Å². The van der Waals surface area contributed by atoms with Gasteiger partial charge in [0.15, 0.2) is 5.16 Å². The third-order valence-corrected chi connectivity index (χ3v) is 4.04. The number of hydrogen-bond acceptors (Lipinski definition) is 6. The Morgan fingerprint density at radius 2 is 2.05 bits per heavy atom. The van der Waals surface area contributed by atoms with Gasteiger partial charge in [-0.3, -0.25) is 4.57 Å². The highest BCUT2D eigenvalue weighted by molar-refractivity contribution is 7.99. The molecule has 0 unspecified atom stereocenters. The minimum absolute atomic E-state index is 0.227. The molecular weight excluding hydrogens is 276 g/mol. The van der Waals surface area contributed by atoms with Crippen LogP contribution in [-0.2, 0) is 7.05 Å². The van der Waals surface area contributed by atoms with Crippen molar-refractivity contribution in [1.29, 1.82) is 0 Å². The van der Waals surface area contributed by atoms with Gasteiger partial charge in [0.2, 0.25) is 0 Å². The summed E-state index contributed by atoms with van der Waals surface area (Å²) in [5.41, 5.74) is 0.703. The first-order valence-electron chi connectivity index (χ1n) is 6.29. The lowest BCUT2D eigenvalue weighted by Gasteiger charge is -2.12. The van der Waals surface area contributed by atoms with Gasteiger partial charge < -0.3 is 5.32 Å². The lowest BCUT2D eigenvalue weighted by molar-refractivity contribution is 0.742. The van der Waals surface area contributed by atoms with E-state index in [0.717, 1.165) is 22.2 Å². The Labute approximate surface area is 121 Å². The second-order valence-electron chi connectivity index (χ2n) is 4.74. The van der Waals surface area contributed by atoms with Crippen molar-refractivity contribution < 1.29 is 0 Å². The molecule has 0 atom stereocenters. The minimum Gasteiger partial charge on any atom is -0.373 e. The van der Waals surface area contributed by atoms with Gasteiger partial charge in [-0.25, -0.2) is 19.9 Å². The third-order valence-electron chi connectivity index (χ3n) is 2.90. The first-order chi connectivity index (χ1) is 9.43. The van der Waals surface area contributed by atoms with Crippen LogP contribution in [0.5, 0.6) is 0 Å². The maximum absolute atomic E-state index is 11.4. The quantitative estimate of drug-likeness (QED) is 0.831. The van der Waals surface area contributed by atoms with Crippen LogP contribution in [0.25, 0.3) is 0 Å². The van der Waals surface area contributed by atoms with E-state index in [-0.39, 0.29) is 11.6 Å². The predicted octanol–water partition coefficient (Wildman–Crippen LogP) is 1.52. The smallest absolute Gasteiger partial charge is 0.343 e. The molecule has 8 heteroatoms. The van der Waals surface area contributed by atoms with Gasteiger partial charge in [0, 0.05) is 25.6 Å². The zero-order chi connectivity index (χ0) is 14.9. The van der Waals surface area contributed by atoms with Crippen molar-refractivity contribution in [3.63, 3.8) is 0 Å². The fourth-order valence-electron chi connectivity index (χ4n) is 1.62. The van der Waals surface area contributed by atoms with E-state index < -0.39 is 0 Å². The molecule has 0 saturated heterocycles. The summed E-state index contributed by atoms with van der Waals surface area (Å²) in [7, 11) is 3.51. The molecule has 2 heterocycles. The summed E-state index contributed by atoms with van der Waals surface area (Å²) in [4.78, 5) is 20.5. The average molecular weight is 294 g/mol. The van der Waals surface area contributed by atoms with Crippen LogP contribution < -0.4 is 11.0 Å². The normalized spacial score (nSPS) is 11.1. The Bertz CT molecular complexity index is 675. The van der Waals surface area contributed by atoms with Gasteiger partial charge in [-0.05, 0) is 18.7 Å². The molecule has 2 aromatic heterocycles. The SMILES string of the molecule is CNc1nc(C(C)C)nc(Sc2n[nH]c(=O)n2C)c1C.